The van der Waals surface area contributed by atoms with Crippen molar-refractivity contribution in [3.63, 3.8) is 0 Å². The van der Waals surface area contributed by atoms with Crippen molar-refractivity contribution in [1.82, 2.24) is 4.98 Å². The molecular weight excluding hydrogens is 456 g/mol. The van der Waals surface area contributed by atoms with Gasteiger partial charge >= 0.3 is 0 Å². The SMILES string of the molecule is COc1ccncc1-c1ccc(O)c2c1C[C@H]1C[C@H]3CC(O)=C(C(N)=O)C(=O)[C@@]3(O)C(O)=C1C2=O. The molecule has 5 rings (SSSR count). The largest absolute Gasteiger partial charge is 0.511 e. The summed E-state index contributed by atoms with van der Waals surface area (Å²) in [5.74, 6) is -6.11. The first-order valence-corrected chi connectivity index (χ1v) is 10.9. The predicted molar refractivity (Wildman–Crippen MR) is 121 cm³/mol. The summed E-state index contributed by atoms with van der Waals surface area (Å²) in [6.45, 7) is 0. The predicted octanol–water partition coefficient (Wildman–Crippen LogP) is 1.65. The van der Waals surface area contributed by atoms with Crippen LogP contribution in [0.4, 0.5) is 0 Å². The fourth-order valence-electron chi connectivity index (χ4n) is 5.63. The molecule has 10 heteroatoms. The number of methoxy groups -OCH3 is 1. The summed E-state index contributed by atoms with van der Waals surface area (Å²) in [6, 6.07) is 4.65. The van der Waals surface area contributed by atoms with Crippen molar-refractivity contribution < 1.29 is 39.5 Å². The molecule has 1 aromatic heterocycles. The molecule has 0 spiro atoms. The van der Waals surface area contributed by atoms with Gasteiger partial charge in [-0.2, -0.15) is 0 Å². The van der Waals surface area contributed by atoms with E-state index >= 15 is 0 Å². The molecule has 2 aromatic rings. The second-order valence-electron chi connectivity index (χ2n) is 8.97. The van der Waals surface area contributed by atoms with Crippen LogP contribution in [0.2, 0.25) is 0 Å². The summed E-state index contributed by atoms with van der Waals surface area (Å²) in [5, 5.41) is 43.2. The first-order valence-electron chi connectivity index (χ1n) is 10.9. The van der Waals surface area contributed by atoms with Gasteiger partial charge in [0.15, 0.2) is 11.4 Å². The van der Waals surface area contributed by atoms with Crippen LogP contribution in [0.25, 0.3) is 11.1 Å². The van der Waals surface area contributed by atoms with E-state index in [9.17, 15) is 34.8 Å². The third-order valence-electron chi connectivity index (χ3n) is 7.24. The van der Waals surface area contributed by atoms with Gasteiger partial charge < -0.3 is 30.9 Å². The number of carbonyl (C=O) groups excluding carboxylic acids is 3. The van der Waals surface area contributed by atoms with Gasteiger partial charge in [-0.25, -0.2) is 0 Å². The summed E-state index contributed by atoms with van der Waals surface area (Å²) in [5.41, 5.74) is 3.26. The smallest absolute Gasteiger partial charge is 0.255 e. The molecular formula is C25H22N2O8. The van der Waals surface area contributed by atoms with Gasteiger partial charge in [0.25, 0.3) is 5.91 Å². The standard InChI is InChI=1S/C25H22N2O8/c1-35-17-4-5-27-9-14(17)12-2-3-15(28)19-13(12)7-10-6-11-8-16(29)20(24(26)33)23(32)25(11,34)22(31)18(10)21(19)30/h2-5,9-11,28-29,31,34H,6-8H2,1H3,(H2,26,33)/t10-,11+,25+/m1/s1. The van der Waals surface area contributed by atoms with E-state index in [1.54, 1.807) is 24.5 Å². The van der Waals surface area contributed by atoms with E-state index in [1.807, 2.05) is 0 Å². The Hall–Kier alpha value is -4.18. The Kier molecular flexibility index (Phi) is 4.95. The average molecular weight is 478 g/mol. The number of Topliss-reactive ketones (excluding diaryl/α,β-unsaturated/α-hetero) is 2. The van der Waals surface area contributed by atoms with Crippen molar-refractivity contribution in [3.05, 3.63) is 64.4 Å². The van der Waals surface area contributed by atoms with Crippen LogP contribution in [0.5, 0.6) is 11.5 Å². The molecule has 1 heterocycles. The number of carbonyl (C=O) groups is 3. The Balaban J connectivity index is 1.70. The fraction of sp³-hybridized carbons (Fsp3) is 0.280. The molecule has 0 saturated carbocycles. The number of hydrogen-bond acceptors (Lipinski definition) is 9. The van der Waals surface area contributed by atoms with Gasteiger partial charge in [-0.1, -0.05) is 6.07 Å². The highest BCUT2D eigenvalue weighted by atomic mass is 16.5. The van der Waals surface area contributed by atoms with Crippen molar-refractivity contribution in [3.8, 4) is 22.6 Å². The monoisotopic (exact) mass is 478 g/mol. The topological polar surface area (TPSA) is 180 Å². The number of aromatic hydroxyl groups is 1. The van der Waals surface area contributed by atoms with E-state index in [1.165, 1.54) is 13.2 Å². The molecule has 1 aromatic carbocycles. The van der Waals surface area contributed by atoms with Gasteiger partial charge in [0, 0.05) is 35.9 Å². The van der Waals surface area contributed by atoms with Crippen molar-refractivity contribution in [2.45, 2.75) is 24.9 Å². The van der Waals surface area contributed by atoms with Gasteiger partial charge in [-0.05, 0) is 42.0 Å². The number of aliphatic hydroxyl groups excluding tert-OH is 2. The molecule has 3 atom stereocenters. The van der Waals surface area contributed by atoms with Gasteiger partial charge in [-0.3, -0.25) is 19.4 Å². The Bertz CT molecular complexity index is 1390. The van der Waals surface area contributed by atoms with Crippen LogP contribution >= 0.6 is 0 Å². The minimum absolute atomic E-state index is 0.0577. The first kappa shape index (κ1) is 22.6. The highest BCUT2D eigenvalue weighted by molar-refractivity contribution is 6.24. The van der Waals surface area contributed by atoms with E-state index in [0.717, 1.165) is 0 Å². The molecule has 35 heavy (non-hydrogen) atoms. The minimum Gasteiger partial charge on any atom is -0.511 e. The summed E-state index contributed by atoms with van der Waals surface area (Å²) in [6.07, 6.45) is 3.10. The fourth-order valence-corrected chi connectivity index (χ4v) is 5.63. The molecule has 180 valence electrons. The number of nitrogens with two attached hydrogens (primary N) is 1. The van der Waals surface area contributed by atoms with Crippen molar-refractivity contribution in [2.75, 3.05) is 7.11 Å². The highest BCUT2D eigenvalue weighted by Crippen LogP contribution is 2.52. The number of rotatable bonds is 3. The number of aromatic nitrogens is 1. The molecule has 0 bridgehead atoms. The lowest BCUT2D eigenvalue weighted by molar-refractivity contribution is -0.144. The lowest BCUT2D eigenvalue weighted by Gasteiger charge is -2.45. The van der Waals surface area contributed by atoms with Crippen LogP contribution in [0.1, 0.15) is 28.8 Å². The van der Waals surface area contributed by atoms with Gasteiger partial charge in [0.1, 0.15) is 28.6 Å². The van der Waals surface area contributed by atoms with Crippen LogP contribution in [-0.2, 0) is 16.0 Å². The molecule has 6 N–H and O–H groups in total. The average Bonchev–Trinajstić information content (AvgIpc) is 2.81. The zero-order valence-corrected chi connectivity index (χ0v) is 18.6. The van der Waals surface area contributed by atoms with Crippen LogP contribution in [-0.4, -0.2) is 55.6 Å². The summed E-state index contributed by atoms with van der Waals surface area (Å²) in [7, 11) is 1.50. The number of amides is 1. The molecule has 3 aliphatic rings. The maximum atomic E-state index is 13.6. The normalized spacial score (nSPS) is 25.7. The van der Waals surface area contributed by atoms with Gasteiger partial charge in [0.2, 0.25) is 5.78 Å². The van der Waals surface area contributed by atoms with Gasteiger partial charge in [-0.15, -0.1) is 0 Å². The van der Waals surface area contributed by atoms with Crippen LogP contribution in [0.3, 0.4) is 0 Å². The highest BCUT2D eigenvalue weighted by Gasteiger charge is 2.59. The number of phenolic OH excluding ortho intramolecular Hbond substituents is 1. The summed E-state index contributed by atoms with van der Waals surface area (Å²) < 4.78 is 5.43. The number of ether oxygens (including phenoxy) is 1. The maximum Gasteiger partial charge on any atom is 0.255 e. The van der Waals surface area contributed by atoms with Crippen LogP contribution < -0.4 is 10.5 Å². The zero-order chi connectivity index (χ0) is 25.2. The third-order valence-corrected chi connectivity index (χ3v) is 7.24. The number of benzene rings is 1. The second kappa shape index (κ2) is 7.67. The maximum absolute atomic E-state index is 13.6. The number of nitrogens with zero attached hydrogens (tertiary/aromatic N) is 1. The number of hydrogen-bond donors (Lipinski definition) is 5. The Morgan fingerprint density at radius 2 is 1.89 bits per heavy atom. The lowest BCUT2D eigenvalue weighted by atomic mass is 9.60. The number of aliphatic hydroxyl groups is 3. The molecule has 0 saturated heterocycles. The van der Waals surface area contributed by atoms with E-state index in [-0.39, 0.29) is 36.1 Å². The molecule has 3 aliphatic carbocycles. The quantitative estimate of drug-likeness (QED) is 0.410. The first-order chi connectivity index (χ1) is 16.6. The van der Waals surface area contributed by atoms with Crippen molar-refractivity contribution >= 4 is 17.5 Å². The molecule has 0 unspecified atom stereocenters. The minimum atomic E-state index is -2.59. The lowest BCUT2D eigenvalue weighted by Crippen LogP contribution is -2.57. The number of ketones is 2. The third kappa shape index (κ3) is 2.99. The Morgan fingerprint density at radius 3 is 2.57 bits per heavy atom. The molecule has 0 aliphatic heterocycles. The van der Waals surface area contributed by atoms with Crippen LogP contribution in [0.15, 0.2) is 53.3 Å². The van der Waals surface area contributed by atoms with E-state index < -0.39 is 52.0 Å². The second-order valence-corrected chi connectivity index (χ2v) is 8.97. The summed E-state index contributed by atoms with van der Waals surface area (Å²) >= 11 is 0. The number of pyridine rings is 1. The van der Waals surface area contributed by atoms with Gasteiger partial charge in [0.05, 0.1) is 12.7 Å². The molecule has 1 amide bonds. The molecule has 0 radical (unpaired) electrons. The molecule has 0 fully saturated rings. The number of fused-ring (bicyclic) bond motifs is 3. The summed E-state index contributed by atoms with van der Waals surface area (Å²) in [4.78, 5) is 42.5. The number of allylic oxidation sites excluding steroid dienone is 2. The van der Waals surface area contributed by atoms with Crippen molar-refractivity contribution in [1.29, 1.82) is 0 Å². The van der Waals surface area contributed by atoms with Crippen LogP contribution in [0, 0.1) is 11.8 Å². The Labute approximate surface area is 199 Å². The van der Waals surface area contributed by atoms with Crippen molar-refractivity contribution in [2.24, 2.45) is 17.6 Å². The zero-order valence-electron chi connectivity index (χ0n) is 18.6. The van der Waals surface area contributed by atoms with E-state index in [2.05, 4.69) is 4.98 Å². The Morgan fingerprint density at radius 1 is 1.14 bits per heavy atom. The number of phenols is 1. The number of primary amides is 1. The van der Waals surface area contributed by atoms with E-state index in [0.29, 0.717) is 22.4 Å². The molecule has 10 nitrogen and oxygen atoms in total. The van der Waals surface area contributed by atoms with E-state index in [4.69, 9.17) is 10.5 Å².